The first-order valence-electron chi connectivity index (χ1n) is 11.3. The first-order valence-corrected chi connectivity index (χ1v) is 11.3. The third-order valence-corrected chi connectivity index (χ3v) is 5.97. The van der Waals surface area contributed by atoms with Crippen molar-refractivity contribution in [3.05, 3.63) is 54.0 Å². The van der Waals surface area contributed by atoms with E-state index in [1.54, 1.807) is 14.0 Å². The number of piperazine rings is 1. The summed E-state index contributed by atoms with van der Waals surface area (Å²) in [6.45, 7) is 6.30. The number of carbonyl (C=O) groups excluding carboxylic acids is 2. The summed E-state index contributed by atoms with van der Waals surface area (Å²) in [4.78, 5) is 32.7. The number of methoxy groups -OCH3 is 1. The van der Waals surface area contributed by atoms with E-state index in [0.29, 0.717) is 24.0 Å². The van der Waals surface area contributed by atoms with Crippen LogP contribution in [0.2, 0.25) is 0 Å². The molecule has 1 aliphatic heterocycles. The van der Waals surface area contributed by atoms with E-state index in [1.807, 2.05) is 18.2 Å². The molecule has 0 radical (unpaired) electrons. The zero-order valence-corrected chi connectivity index (χ0v) is 19.6. The van der Waals surface area contributed by atoms with Gasteiger partial charge in [0.25, 0.3) is 0 Å². The third-order valence-electron chi connectivity index (χ3n) is 5.97. The lowest BCUT2D eigenvalue weighted by atomic mass is 10.1. The van der Waals surface area contributed by atoms with Gasteiger partial charge in [-0.15, -0.1) is 0 Å². The zero-order chi connectivity index (χ0) is 24.2. The molecule has 180 valence electrons. The van der Waals surface area contributed by atoms with Crippen molar-refractivity contribution in [2.45, 2.75) is 19.9 Å². The Morgan fingerprint density at radius 2 is 2.03 bits per heavy atom. The van der Waals surface area contributed by atoms with E-state index in [0.717, 1.165) is 18.0 Å². The summed E-state index contributed by atoms with van der Waals surface area (Å²) in [6, 6.07) is 12.2. The van der Waals surface area contributed by atoms with Gasteiger partial charge in [0, 0.05) is 48.3 Å². The SMILES string of the molecule is CCOC(=O)c1[nH]c2ccc(F)cc2c1NC(=O)CN1CCN(c2cccc(OC)c2)[C@@H](C)C1. The fourth-order valence-corrected chi connectivity index (χ4v) is 4.38. The molecular weight excluding hydrogens is 439 g/mol. The van der Waals surface area contributed by atoms with Crippen LogP contribution in [0, 0.1) is 5.82 Å². The summed E-state index contributed by atoms with van der Waals surface area (Å²) in [5.74, 6) is -0.536. The van der Waals surface area contributed by atoms with Crippen molar-refractivity contribution in [1.82, 2.24) is 9.88 Å². The molecule has 3 aromatic rings. The molecule has 0 spiro atoms. The van der Waals surface area contributed by atoms with Crippen molar-refractivity contribution in [3.63, 3.8) is 0 Å². The molecule has 2 heterocycles. The Morgan fingerprint density at radius 3 is 2.76 bits per heavy atom. The number of H-pyrrole nitrogens is 1. The molecule has 2 aromatic carbocycles. The maximum atomic E-state index is 13.9. The van der Waals surface area contributed by atoms with E-state index in [9.17, 15) is 14.0 Å². The van der Waals surface area contributed by atoms with Crippen LogP contribution in [0.4, 0.5) is 15.8 Å². The summed E-state index contributed by atoms with van der Waals surface area (Å²) >= 11 is 0. The lowest BCUT2D eigenvalue weighted by Crippen LogP contribution is -2.53. The molecule has 0 saturated carbocycles. The molecular formula is C25H29FN4O4. The van der Waals surface area contributed by atoms with E-state index < -0.39 is 11.8 Å². The van der Waals surface area contributed by atoms with Gasteiger partial charge in [-0.1, -0.05) is 6.07 Å². The fraction of sp³-hybridized carbons (Fsp3) is 0.360. The molecule has 1 aliphatic rings. The number of fused-ring (bicyclic) bond motifs is 1. The van der Waals surface area contributed by atoms with Crippen LogP contribution in [-0.4, -0.2) is 67.7 Å². The Kier molecular flexibility index (Phi) is 7.02. The highest BCUT2D eigenvalue weighted by atomic mass is 19.1. The number of carbonyl (C=O) groups is 2. The number of benzene rings is 2. The second-order valence-electron chi connectivity index (χ2n) is 8.31. The van der Waals surface area contributed by atoms with Crippen molar-refractivity contribution < 1.29 is 23.5 Å². The quantitative estimate of drug-likeness (QED) is 0.515. The highest BCUT2D eigenvalue weighted by molar-refractivity contribution is 6.11. The Labute approximate surface area is 197 Å². The molecule has 1 amide bonds. The predicted octanol–water partition coefficient (Wildman–Crippen LogP) is 3.64. The van der Waals surface area contributed by atoms with Crippen LogP contribution >= 0.6 is 0 Å². The number of hydrogen-bond acceptors (Lipinski definition) is 6. The van der Waals surface area contributed by atoms with E-state index in [2.05, 4.69) is 33.1 Å². The highest BCUT2D eigenvalue weighted by Crippen LogP contribution is 2.29. The van der Waals surface area contributed by atoms with Gasteiger partial charge in [-0.3, -0.25) is 9.69 Å². The molecule has 4 rings (SSSR count). The Morgan fingerprint density at radius 1 is 1.21 bits per heavy atom. The minimum absolute atomic E-state index is 0.104. The van der Waals surface area contributed by atoms with Gasteiger partial charge in [0.2, 0.25) is 5.91 Å². The number of aromatic amines is 1. The number of ether oxygens (including phenoxy) is 2. The Hall–Kier alpha value is -3.59. The van der Waals surface area contributed by atoms with E-state index in [4.69, 9.17) is 9.47 Å². The number of halogens is 1. The van der Waals surface area contributed by atoms with Gasteiger partial charge in [0.05, 0.1) is 25.9 Å². The van der Waals surface area contributed by atoms with Crippen molar-refractivity contribution in [3.8, 4) is 5.75 Å². The van der Waals surface area contributed by atoms with Crippen LogP contribution in [-0.2, 0) is 9.53 Å². The molecule has 2 N–H and O–H groups in total. The van der Waals surface area contributed by atoms with Gasteiger partial charge in [-0.25, -0.2) is 9.18 Å². The highest BCUT2D eigenvalue weighted by Gasteiger charge is 2.27. The van der Waals surface area contributed by atoms with E-state index in [-0.39, 0.29) is 36.5 Å². The molecule has 0 bridgehead atoms. The number of anilines is 2. The number of esters is 1. The van der Waals surface area contributed by atoms with Crippen molar-refractivity contribution in [2.75, 3.05) is 50.1 Å². The second-order valence-corrected chi connectivity index (χ2v) is 8.31. The van der Waals surface area contributed by atoms with E-state index >= 15 is 0 Å². The summed E-state index contributed by atoms with van der Waals surface area (Å²) in [6.07, 6.45) is 0. The zero-order valence-electron chi connectivity index (χ0n) is 19.6. The van der Waals surface area contributed by atoms with Crippen molar-refractivity contribution >= 4 is 34.2 Å². The molecule has 8 nitrogen and oxygen atoms in total. The standard InChI is InChI=1S/C25H29FN4O4/c1-4-34-25(32)24-23(20-12-17(26)8-9-21(20)27-24)28-22(31)15-29-10-11-30(16(2)14-29)18-6-5-7-19(13-18)33-3/h5-9,12-13,16,27H,4,10-11,14-15H2,1-3H3,(H,28,31)/t16-/m0/s1. The number of amides is 1. The summed E-state index contributed by atoms with van der Waals surface area (Å²) in [5.41, 5.74) is 1.96. The van der Waals surface area contributed by atoms with Crippen molar-refractivity contribution in [2.24, 2.45) is 0 Å². The average Bonchev–Trinajstić information content (AvgIpc) is 3.16. The Balaban J connectivity index is 1.45. The molecule has 1 atom stereocenters. The largest absolute Gasteiger partial charge is 0.497 e. The second kappa shape index (κ2) is 10.1. The first-order chi connectivity index (χ1) is 16.4. The van der Waals surface area contributed by atoms with Crippen molar-refractivity contribution in [1.29, 1.82) is 0 Å². The monoisotopic (exact) mass is 468 g/mol. The number of rotatable bonds is 7. The summed E-state index contributed by atoms with van der Waals surface area (Å²) in [7, 11) is 1.65. The number of nitrogens with one attached hydrogen (secondary N) is 2. The predicted molar refractivity (Wildman–Crippen MR) is 129 cm³/mol. The summed E-state index contributed by atoms with van der Waals surface area (Å²) in [5, 5.41) is 3.23. The van der Waals surface area contributed by atoms with Gasteiger partial charge < -0.3 is 24.7 Å². The maximum absolute atomic E-state index is 13.9. The number of nitrogens with zero attached hydrogens (tertiary/aromatic N) is 2. The lowest BCUT2D eigenvalue weighted by Gasteiger charge is -2.41. The van der Waals surface area contributed by atoms with E-state index in [1.165, 1.54) is 18.2 Å². The lowest BCUT2D eigenvalue weighted by molar-refractivity contribution is -0.117. The Bertz CT molecular complexity index is 1190. The van der Waals surface area contributed by atoms with Crippen LogP contribution in [0.1, 0.15) is 24.3 Å². The topological polar surface area (TPSA) is 86.9 Å². The molecule has 0 unspecified atom stereocenters. The van der Waals surface area contributed by atoms with Crippen LogP contribution in [0.15, 0.2) is 42.5 Å². The molecule has 1 aromatic heterocycles. The first kappa shape index (κ1) is 23.6. The average molecular weight is 469 g/mol. The van der Waals surface area contributed by atoms with Gasteiger partial charge in [-0.2, -0.15) is 0 Å². The van der Waals surface area contributed by atoms with Crippen LogP contribution < -0.4 is 15.0 Å². The molecule has 0 aliphatic carbocycles. The van der Waals surface area contributed by atoms with Crippen LogP contribution in [0.25, 0.3) is 10.9 Å². The minimum atomic E-state index is -0.602. The van der Waals surface area contributed by atoms with Crippen LogP contribution in [0.5, 0.6) is 5.75 Å². The molecule has 1 saturated heterocycles. The maximum Gasteiger partial charge on any atom is 0.356 e. The number of hydrogen-bond donors (Lipinski definition) is 2. The normalized spacial score (nSPS) is 16.5. The fourth-order valence-electron chi connectivity index (χ4n) is 4.38. The van der Waals surface area contributed by atoms with Gasteiger partial charge in [0.1, 0.15) is 17.3 Å². The summed E-state index contributed by atoms with van der Waals surface area (Å²) < 4.78 is 24.3. The molecule has 1 fully saturated rings. The third kappa shape index (κ3) is 4.99. The minimum Gasteiger partial charge on any atom is -0.497 e. The van der Waals surface area contributed by atoms with Gasteiger partial charge in [-0.05, 0) is 44.2 Å². The molecule has 9 heteroatoms. The molecule has 34 heavy (non-hydrogen) atoms. The van der Waals surface area contributed by atoms with Gasteiger partial charge >= 0.3 is 5.97 Å². The van der Waals surface area contributed by atoms with Gasteiger partial charge in [0.15, 0.2) is 0 Å². The van der Waals surface area contributed by atoms with Crippen LogP contribution in [0.3, 0.4) is 0 Å². The smallest absolute Gasteiger partial charge is 0.356 e. The number of aromatic nitrogens is 1.